The van der Waals surface area contributed by atoms with Crippen molar-refractivity contribution in [2.24, 2.45) is 0 Å². The smallest absolute Gasteiger partial charge is 0.339 e. The molecule has 0 radical (unpaired) electrons. The minimum absolute atomic E-state index is 0.115. The Morgan fingerprint density at radius 3 is 2.50 bits per heavy atom. The maximum atomic E-state index is 13.8. The van der Waals surface area contributed by atoms with Crippen LogP contribution < -0.4 is 5.32 Å². The minimum atomic E-state index is -1.20. The van der Waals surface area contributed by atoms with Gasteiger partial charge >= 0.3 is 5.97 Å². The van der Waals surface area contributed by atoms with Crippen molar-refractivity contribution >= 4 is 17.3 Å². The van der Waals surface area contributed by atoms with E-state index in [0.717, 1.165) is 12.1 Å². The third-order valence-corrected chi connectivity index (χ3v) is 2.79. The van der Waals surface area contributed by atoms with E-state index >= 15 is 0 Å². The van der Waals surface area contributed by atoms with E-state index in [2.05, 4.69) is 10.3 Å². The van der Waals surface area contributed by atoms with Crippen molar-refractivity contribution in [1.29, 1.82) is 0 Å². The molecule has 2 rings (SSSR count). The van der Waals surface area contributed by atoms with Crippen LogP contribution in [0.5, 0.6) is 0 Å². The van der Waals surface area contributed by atoms with E-state index in [1.54, 1.807) is 6.92 Å². The lowest BCUT2D eigenvalue weighted by Gasteiger charge is -2.11. The fourth-order valence-corrected chi connectivity index (χ4v) is 1.72. The zero-order chi connectivity index (χ0) is 14.9. The zero-order valence-electron chi connectivity index (χ0n) is 10.9. The first-order valence-corrected chi connectivity index (χ1v) is 5.81. The van der Waals surface area contributed by atoms with Gasteiger partial charge in [0.2, 0.25) is 0 Å². The van der Waals surface area contributed by atoms with Crippen LogP contribution in [-0.4, -0.2) is 16.1 Å². The van der Waals surface area contributed by atoms with Gasteiger partial charge in [-0.05, 0) is 31.5 Å². The van der Waals surface area contributed by atoms with Gasteiger partial charge in [0.05, 0.1) is 11.4 Å². The molecule has 2 aromatic rings. The molecule has 20 heavy (non-hydrogen) atoms. The summed E-state index contributed by atoms with van der Waals surface area (Å²) in [7, 11) is 0. The van der Waals surface area contributed by atoms with Gasteiger partial charge < -0.3 is 10.4 Å². The van der Waals surface area contributed by atoms with Gasteiger partial charge in [-0.2, -0.15) is 0 Å². The lowest BCUT2D eigenvalue weighted by Crippen LogP contribution is -2.05. The fraction of sp³-hybridized carbons (Fsp3) is 0.143. The van der Waals surface area contributed by atoms with E-state index in [1.165, 1.54) is 19.2 Å². The zero-order valence-corrected chi connectivity index (χ0v) is 10.9. The Morgan fingerprint density at radius 2 is 1.85 bits per heavy atom. The Balaban J connectivity index is 2.47. The molecule has 0 amide bonds. The molecule has 0 aliphatic rings. The largest absolute Gasteiger partial charge is 0.478 e. The number of nitrogens with zero attached hydrogens (tertiary/aromatic N) is 1. The fourth-order valence-electron chi connectivity index (χ4n) is 1.72. The average Bonchev–Trinajstić information content (AvgIpc) is 2.35. The normalized spacial score (nSPS) is 10.4. The van der Waals surface area contributed by atoms with Crippen LogP contribution in [-0.2, 0) is 0 Å². The number of hydrogen-bond acceptors (Lipinski definition) is 3. The predicted octanol–water partition coefficient (Wildman–Crippen LogP) is 3.42. The summed E-state index contributed by atoms with van der Waals surface area (Å²) in [5, 5.41) is 11.6. The molecule has 1 aromatic carbocycles. The third-order valence-electron chi connectivity index (χ3n) is 2.79. The van der Waals surface area contributed by atoms with E-state index in [1.807, 2.05) is 0 Å². The van der Waals surface area contributed by atoms with E-state index in [4.69, 9.17) is 5.11 Å². The topological polar surface area (TPSA) is 62.2 Å². The van der Waals surface area contributed by atoms with Crippen molar-refractivity contribution in [1.82, 2.24) is 4.98 Å². The molecule has 0 bridgehead atoms. The van der Waals surface area contributed by atoms with Gasteiger partial charge in [-0.25, -0.2) is 13.6 Å². The lowest BCUT2D eigenvalue weighted by atomic mass is 10.1. The first-order valence-electron chi connectivity index (χ1n) is 5.81. The first-order chi connectivity index (χ1) is 9.38. The van der Waals surface area contributed by atoms with E-state index in [9.17, 15) is 13.6 Å². The number of hydrogen-bond donors (Lipinski definition) is 2. The van der Waals surface area contributed by atoms with Crippen LogP contribution in [0.25, 0.3) is 0 Å². The summed E-state index contributed by atoms with van der Waals surface area (Å²) >= 11 is 0. The molecule has 1 heterocycles. The molecule has 0 spiro atoms. The average molecular weight is 278 g/mol. The number of anilines is 2. The molecule has 2 N–H and O–H groups in total. The van der Waals surface area contributed by atoms with Crippen LogP contribution in [0.1, 0.15) is 21.6 Å². The van der Waals surface area contributed by atoms with Crippen LogP contribution in [0.2, 0.25) is 0 Å². The van der Waals surface area contributed by atoms with Gasteiger partial charge in [0.25, 0.3) is 0 Å². The van der Waals surface area contributed by atoms with E-state index in [-0.39, 0.29) is 22.5 Å². The van der Waals surface area contributed by atoms with Gasteiger partial charge in [0, 0.05) is 18.0 Å². The highest BCUT2D eigenvalue weighted by molar-refractivity contribution is 5.94. The number of aromatic nitrogens is 1. The molecule has 4 nitrogen and oxygen atoms in total. The summed E-state index contributed by atoms with van der Waals surface area (Å²) in [5.41, 5.74) is 0.659. The number of pyridine rings is 1. The van der Waals surface area contributed by atoms with E-state index < -0.39 is 17.6 Å². The number of carboxylic acid groups (broad SMARTS) is 1. The van der Waals surface area contributed by atoms with E-state index in [0.29, 0.717) is 5.69 Å². The van der Waals surface area contributed by atoms with Crippen molar-refractivity contribution < 1.29 is 18.7 Å². The number of aromatic carboxylic acids is 1. The molecule has 0 unspecified atom stereocenters. The molecule has 0 aliphatic heterocycles. The highest BCUT2D eigenvalue weighted by Gasteiger charge is 2.14. The second-order valence-electron chi connectivity index (χ2n) is 4.38. The van der Waals surface area contributed by atoms with Gasteiger partial charge in [-0.15, -0.1) is 0 Å². The van der Waals surface area contributed by atoms with Gasteiger partial charge in [0.15, 0.2) is 0 Å². The van der Waals surface area contributed by atoms with Crippen LogP contribution in [0.3, 0.4) is 0 Å². The molecule has 0 atom stereocenters. The third kappa shape index (κ3) is 2.74. The summed E-state index contributed by atoms with van der Waals surface area (Å²) in [6.07, 6.45) is 1.17. The number of halogens is 2. The number of aryl methyl sites for hydroxylation is 2. The van der Waals surface area contributed by atoms with Crippen LogP contribution >= 0.6 is 0 Å². The van der Waals surface area contributed by atoms with Crippen LogP contribution in [0.4, 0.5) is 20.2 Å². The number of carbonyl (C=O) groups is 1. The standard InChI is InChI=1S/C14H12F2N2O2/c1-7-3-11(16)13(5-10(7)15)18-12-4-8(2)17-6-9(12)14(19)20/h3-6H,1-2H3,(H,17,18)(H,19,20). The monoisotopic (exact) mass is 278 g/mol. The highest BCUT2D eigenvalue weighted by Crippen LogP contribution is 2.25. The summed E-state index contributed by atoms with van der Waals surface area (Å²) in [5.74, 6) is -2.43. The van der Waals surface area contributed by atoms with Crippen LogP contribution in [0, 0.1) is 25.5 Å². The Morgan fingerprint density at radius 1 is 1.15 bits per heavy atom. The number of benzene rings is 1. The highest BCUT2D eigenvalue weighted by atomic mass is 19.1. The molecular weight excluding hydrogens is 266 g/mol. The summed E-state index contributed by atoms with van der Waals surface area (Å²) in [6, 6.07) is 3.50. The summed E-state index contributed by atoms with van der Waals surface area (Å²) in [4.78, 5) is 14.9. The van der Waals surface area contributed by atoms with Gasteiger partial charge in [-0.1, -0.05) is 0 Å². The van der Waals surface area contributed by atoms with Crippen molar-refractivity contribution in [3.8, 4) is 0 Å². The second-order valence-corrected chi connectivity index (χ2v) is 4.38. The van der Waals surface area contributed by atoms with Crippen molar-refractivity contribution in [2.45, 2.75) is 13.8 Å². The number of nitrogens with one attached hydrogen (secondary N) is 1. The maximum absolute atomic E-state index is 13.8. The van der Waals surface area contributed by atoms with Crippen LogP contribution in [0.15, 0.2) is 24.4 Å². The molecule has 6 heteroatoms. The number of carboxylic acids is 1. The predicted molar refractivity (Wildman–Crippen MR) is 70.3 cm³/mol. The lowest BCUT2D eigenvalue weighted by molar-refractivity contribution is 0.0697. The molecule has 0 saturated heterocycles. The molecule has 104 valence electrons. The van der Waals surface area contributed by atoms with Gasteiger partial charge in [-0.3, -0.25) is 4.98 Å². The maximum Gasteiger partial charge on any atom is 0.339 e. The molecule has 0 aliphatic carbocycles. The summed E-state index contributed by atoms with van der Waals surface area (Å²) in [6.45, 7) is 3.12. The van der Waals surface area contributed by atoms with Crippen molar-refractivity contribution in [3.63, 3.8) is 0 Å². The second kappa shape index (κ2) is 5.24. The van der Waals surface area contributed by atoms with Gasteiger partial charge in [0.1, 0.15) is 17.2 Å². The minimum Gasteiger partial charge on any atom is -0.478 e. The summed E-state index contributed by atoms with van der Waals surface area (Å²) < 4.78 is 27.2. The van der Waals surface area contributed by atoms with Crippen molar-refractivity contribution in [2.75, 3.05) is 5.32 Å². The van der Waals surface area contributed by atoms with Crippen molar-refractivity contribution in [3.05, 3.63) is 52.9 Å². The Kier molecular flexibility index (Phi) is 3.65. The Bertz CT molecular complexity index is 687. The number of rotatable bonds is 3. The molecule has 1 aromatic heterocycles. The molecule has 0 saturated carbocycles. The SMILES string of the molecule is Cc1cc(Nc2cc(F)c(C)cc2F)c(C(=O)O)cn1. The molecular formula is C14H12F2N2O2. The first kappa shape index (κ1) is 13.9. The molecule has 0 fully saturated rings. The quantitative estimate of drug-likeness (QED) is 0.903. The Labute approximate surface area is 114 Å². The Hall–Kier alpha value is -2.50.